The molecule has 2 fully saturated rings. The average molecular weight is 320 g/mol. The first-order chi connectivity index (χ1) is 10.4. The average Bonchev–Trinajstić information content (AvgIpc) is 2.96. The number of hydrogen-bond donors (Lipinski definition) is 1. The highest BCUT2D eigenvalue weighted by Crippen LogP contribution is 2.42. The predicted molar refractivity (Wildman–Crippen MR) is 88.2 cm³/mol. The predicted octanol–water partition coefficient (Wildman–Crippen LogP) is 3.73. The summed E-state index contributed by atoms with van der Waals surface area (Å²) in [5.74, 6) is 0.699. The molecule has 3 heterocycles. The monoisotopic (exact) mass is 320 g/mol. The van der Waals surface area contributed by atoms with Crippen molar-refractivity contribution < 1.29 is 0 Å². The number of anilines is 1. The van der Waals surface area contributed by atoms with Gasteiger partial charge in [-0.15, -0.1) is 21.5 Å². The second-order valence-electron chi connectivity index (χ2n) is 5.87. The van der Waals surface area contributed by atoms with Crippen molar-refractivity contribution in [2.75, 3.05) is 25.0 Å². The minimum absolute atomic E-state index is 0.473. The normalized spacial score (nSPS) is 20.8. The smallest absolute Gasteiger partial charge is 0.205 e. The molecule has 2 aromatic heterocycles. The van der Waals surface area contributed by atoms with Gasteiger partial charge in [0.05, 0.1) is 6.04 Å². The van der Waals surface area contributed by atoms with Gasteiger partial charge in [-0.05, 0) is 50.2 Å². The van der Waals surface area contributed by atoms with E-state index in [2.05, 4.69) is 37.9 Å². The Hall–Kier alpha value is -0.980. The second-order valence-corrected chi connectivity index (χ2v) is 7.86. The van der Waals surface area contributed by atoms with Crippen LogP contribution in [0.15, 0.2) is 17.5 Å². The van der Waals surface area contributed by atoms with Crippen LogP contribution in [0.1, 0.15) is 47.5 Å². The molecule has 0 amide bonds. The largest absolute Gasteiger partial charge is 0.358 e. The van der Waals surface area contributed by atoms with Gasteiger partial charge in [-0.1, -0.05) is 17.4 Å². The highest BCUT2D eigenvalue weighted by atomic mass is 32.1. The van der Waals surface area contributed by atoms with Crippen molar-refractivity contribution in [2.45, 2.75) is 37.6 Å². The van der Waals surface area contributed by atoms with Gasteiger partial charge in [-0.2, -0.15) is 0 Å². The van der Waals surface area contributed by atoms with Gasteiger partial charge in [0.25, 0.3) is 0 Å². The van der Waals surface area contributed by atoms with E-state index in [1.54, 1.807) is 11.3 Å². The molecule has 0 radical (unpaired) electrons. The number of thiophene rings is 1. The lowest BCUT2D eigenvalue weighted by atomic mass is 10.2. The molecule has 1 saturated carbocycles. The Morgan fingerprint density at radius 2 is 2.14 bits per heavy atom. The molecule has 0 bridgehead atoms. The van der Waals surface area contributed by atoms with Crippen LogP contribution in [0.5, 0.6) is 0 Å². The first-order valence-corrected chi connectivity index (χ1v) is 9.44. The van der Waals surface area contributed by atoms with E-state index in [9.17, 15) is 0 Å². The minimum atomic E-state index is 0.473. The zero-order chi connectivity index (χ0) is 14.1. The standard InChI is InChI=1S/C15H20N4S2/c1-2-8-19(7-1)12(13-4-3-9-20-13)10-16-15-18-17-14(21-15)11-5-6-11/h3-4,9,11-12H,1-2,5-8,10H2,(H,16,18). The molecule has 1 aliphatic heterocycles. The van der Waals surface area contributed by atoms with E-state index in [4.69, 9.17) is 0 Å². The fraction of sp³-hybridized carbons (Fsp3) is 0.600. The van der Waals surface area contributed by atoms with Crippen LogP contribution in [0.25, 0.3) is 0 Å². The quantitative estimate of drug-likeness (QED) is 0.880. The summed E-state index contributed by atoms with van der Waals surface area (Å²) in [7, 11) is 0. The van der Waals surface area contributed by atoms with Crippen LogP contribution in [0, 0.1) is 0 Å². The number of nitrogens with one attached hydrogen (secondary N) is 1. The molecule has 1 unspecified atom stereocenters. The van der Waals surface area contributed by atoms with Crippen molar-refractivity contribution in [2.24, 2.45) is 0 Å². The van der Waals surface area contributed by atoms with Crippen molar-refractivity contribution in [1.82, 2.24) is 15.1 Å². The maximum atomic E-state index is 4.31. The first-order valence-electron chi connectivity index (χ1n) is 7.75. The SMILES string of the molecule is c1csc(C(CNc2nnc(C3CC3)s2)N2CCCC2)c1. The molecule has 0 spiro atoms. The lowest BCUT2D eigenvalue weighted by molar-refractivity contribution is 0.259. The molecule has 1 saturated heterocycles. The lowest BCUT2D eigenvalue weighted by Crippen LogP contribution is -2.30. The highest BCUT2D eigenvalue weighted by Gasteiger charge is 2.28. The fourth-order valence-corrected chi connectivity index (χ4v) is 4.71. The van der Waals surface area contributed by atoms with E-state index in [-0.39, 0.29) is 0 Å². The van der Waals surface area contributed by atoms with Crippen molar-refractivity contribution in [3.05, 3.63) is 27.4 Å². The molecule has 4 rings (SSSR count). The maximum absolute atomic E-state index is 4.31. The molecule has 21 heavy (non-hydrogen) atoms. The number of likely N-dealkylation sites (tertiary alicyclic amines) is 1. The van der Waals surface area contributed by atoms with Crippen LogP contribution < -0.4 is 5.32 Å². The summed E-state index contributed by atoms with van der Waals surface area (Å²) in [5, 5.41) is 16.5. The van der Waals surface area contributed by atoms with Gasteiger partial charge < -0.3 is 5.32 Å². The van der Waals surface area contributed by atoms with Crippen LogP contribution in [-0.2, 0) is 0 Å². The molecule has 4 nitrogen and oxygen atoms in total. The summed E-state index contributed by atoms with van der Waals surface area (Å²) < 4.78 is 0. The Balaban J connectivity index is 1.43. The van der Waals surface area contributed by atoms with Crippen molar-refractivity contribution in [3.63, 3.8) is 0 Å². The highest BCUT2D eigenvalue weighted by molar-refractivity contribution is 7.15. The van der Waals surface area contributed by atoms with E-state index >= 15 is 0 Å². The Morgan fingerprint density at radius 3 is 2.86 bits per heavy atom. The molecular weight excluding hydrogens is 300 g/mol. The molecule has 2 aliphatic rings. The zero-order valence-electron chi connectivity index (χ0n) is 12.0. The van der Waals surface area contributed by atoms with Crippen LogP contribution in [0.4, 0.5) is 5.13 Å². The molecule has 6 heteroatoms. The lowest BCUT2D eigenvalue weighted by Gasteiger charge is -2.26. The van der Waals surface area contributed by atoms with Crippen molar-refractivity contribution in [1.29, 1.82) is 0 Å². The minimum Gasteiger partial charge on any atom is -0.358 e. The zero-order valence-corrected chi connectivity index (χ0v) is 13.6. The number of rotatable bonds is 6. The number of hydrogen-bond acceptors (Lipinski definition) is 6. The first kappa shape index (κ1) is 13.7. The number of nitrogens with zero attached hydrogens (tertiary/aromatic N) is 3. The molecule has 112 valence electrons. The molecule has 1 N–H and O–H groups in total. The van der Waals surface area contributed by atoms with Gasteiger partial charge in [-0.25, -0.2) is 0 Å². The summed E-state index contributed by atoms with van der Waals surface area (Å²) in [5.41, 5.74) is 0. The summed E-state index contributed by atoms with van der Waals surface area (Å²) in [6.07, 6.45) is 5.24. The van der Waals surface area contributed by atoms with Gasteiger partial charge in [0.1, 0.15) is 5.01 Å². The molecule has 1 aliphatic carbocycles. The van der Waals surface area contributed by atoms with E-state index in [0.717, 1.165) is 11.7 Å². The van der Waals surface area contributed by atoms with E-state index in [1.165, 1.54) is 48.7 Å². The van der Waals surface area contributed by atoms with Gasteiger partial charge in [0.2, 0.25) is 5.13 Å². The summed E-state index contributed by atoms with van der Waals surface area (Å²) in [6.45, 7) is 3.36. The maximum Gasteiger partial charge on any atom is 0.205 e. The van der Waals surface area contributed by atoms with E-state index in [1.807, 2.05) is 11.3 Å². The van der Waals surface area contributed by atoms with Crippen LogP contribution in [-0.4, -0.2) is 34.7 Å². The van der Waals surface area contributed by atoms with E-state index in [0.29, 0.717) is 12.0 Å². The Kier molecular flexibility index (Phi) is 3.92. The van der Waals surface area contributed by atoms with Gasteiger partial charge in [0, 0.05) is 17.3 Å². The van der Waals surface area contributed by atoms with Gasteiger partial charge in [-0.3, -0.25) is 4.90 Å². The molecule has 0 aromatic carbocycles. The molecule has 1 atom stereocenters. The summed E-state index contributed by atoms with van der Waals surface area (Å²) >= 11 is 3.60. The number of aromatic nitrogens is 2. The third-order valence-electron chi connectivity index (χ3n) is 4.27. The Morgan fingerprint density at radius 1 is 1.29 bits per heavy atom. The van der Waals surface area contributed by atoms with Crippen molar-refractivity contribution in [3.8, 4) is 0 Å². The fourth-order valence-electron chi connectivity index (χ4n) is 2.93. The van der Waals surface area contributed by atoms with Crippen LogP contribution in [0.2, 0.25) is 0 Å². The van der Waals surface area contributed by atoms with Crippen LogP contribution >= 0.6 is 22.7 Å². The van der Waals surface area contributed by atoms with E-state index < -0.39 is 0 Å². The van der Waals surface area contributed by atoms with Gasteiger partial charge in [0.15, 0.2) is 0 Å². The summed E-state index contributed by atoms with van der Waals surface area (Å²) in [6, 6.07) is 4.88. The Labute approximate surface area is 133 Å². The third-order valence-corrected chi connectivity index (χ3v) is 6.28. The summed E-state index contributed by atoms with van der Waals surface area (Å²) in [4.78, 5) is 4.05. The van der Waals surface area contributed by atoms with Crippen molar-refractivity contribution >= 4 is 27.8 Å². The molecule has 2 aromatic rings. The van der Waals surface area contributed by atoms with Crippen LogP contribution in [0.3, 0.4) is 0 Å². The third kappa shape index (κ3) is 3.12. The van der Waals surface area contributed by atoms with Gasteiger partial charge >= 0.3 is 0 Å². The molecular formula is C15H20N4S2. The Bertz CT molecular complexity index is 570. The topological polar surface area (TPSA) is 41.1 Å². The second kappa shape index (κ2) is 6.02.